The lowest BCUT2D eigenvalue weighted by Gasteiger charge is -2.38. The van der Waals surface area contributed by atoms with Crippen LogP contribution in [0.3, 0.4) is 0 Å². The second kappa shape index (κ2) is 13.9. The summed E-state index contributed by atoms with van der Waals surface area (Å²) in [7, 11) is 0. The van der Waals surface area contributed by atoms with E-state index in [1.54, 1.807) is 0 Å². The molecule has 0 unspecified atom stereocenters. The third kappa shape index (κ3) is 8.26. The van der Waals surface area contributed by atoms with Gasteiger partial charge in [0.2, 0.25) is 0 Å². The first kappa shape index (κ1) is 19.9. The lowest BCUT2D eigenvalue weighted by molar-refractivity contribution is 0.0482. The van der Waals surface area contributed by atoms with Gasteiger partial charge in [0.1, 0.15) is 0 Å². The minimum atomic E-state index is 0.663. The predicted octanol–water partition coefficient (Wildman–Crippen LogP) is 5.14. The van der Waals surface area contributed by atoms with Gasteiger partial charge in [-0.25, -0.2) is 0 Å². The van der Waals surface area contributed by atoms with Crippen molar-refractivity contribution in [3.8, 4) is 0 Å². The molecular formula is C18H40N2. The number of hydrogen-bond donors (Lipinski definition) is 0. The summed E-state index contributed by atoms with van der Waals surface area (Å²) in [5.74, 6) is 0. The van der Waals surface area contributed by atoms with E-state index >= 15 is 0 Å². The molecule has 0 aliphatic carbocycles. The van der Waals surface area contributed by atoms with Crippen molar-refractivity contribution in [3.63, 3.8) is 0 Å². The molecule has 0 radical (unpaired) electrons. The van der Waals surface area contributed by atoms with Gasteiger partial charge in [0, 0.05) is 0 Å². The zero-order chi connectivity index (χ0) is 15.2. The smallest absolute Gasteiger partial charge is 0.0622 e. The predicted molar refractivity (Wildman–Crippen MR) is 92.2 cm³/mol. The SMILES string of the molecule is CCCCCCCCCC(N(CC)CC)N(CC)CC. The summed E-state index contributed by atoms with van der Waals surface area (Å²) >= 11 is 0. The molecule has 0 aromatic rings. The summed E-state index contributed by atoms with van der Waals surface area (Å²) in [5.41, 5.74) is 0. The summed E-state index contributed by atoms with van der Waals surface area (Å²) in [6.45, 7) is 16.2. The van der Waals surface area contributed by atoms with E-state index in [9.17, 15) is 0 Å². The van der Waals surface area contributed by atoms with E-state index in [2.05, 4.69) is 44.4 Å². The van der Waals surface area contributed by atoms with Crippen LogP contribution >= 0.6 is 0 Å². The van der Waals surface area contributed by atoms with Crippen molar-refractivity contribution in [1.29, 1.82) is 0 Å². The summed E-state index contributed by atoms with van der Waals surface area (Å²) in [5, 5.41) is 0. The van der Waals surface area contributed by atoms with Crippen LogP contribution in [0.4, 0.5) is 0 Å². The van der Waals surface area contributed by atoms with Gasteiger partial charge in [-0.3, -0.25) is 9.80 Å². The molecule has 0 aromatic carbocycles. The molecule has 0 atom stereocenters. The standard InChI is InChI=1S/C18H40N2/c1-6-11-12-13-14-15-16-17-18(19(7-2)8-3)20(9-4)10-5/h18H,6-17H2,1-5H3. The van der Waals surface area contributed by atoms with Gasteiger partial charge in [0.05, 0.1) is 6.17 Å². The van der Waals surface area contributed by atoms with Crippen molar-refractivity contribution in [2.24, 2.45) is 0 Å². The first-order valence-electron chi connectivity index (χ1n) is 9.23. The van der Waals surface area contributed by atoms with Gasteiger partial charge < -0.3 is 0 Å². The molecule has 0 bridgehead atoms. The largest absolute Gasteiger partial charge is 0.288 e. The molecule has 0 aliphatic heterocycles. The molecule has 0 spiro atoms. The van der Waals surface area contributed by atoms with Gasteiger partial charge in [-0.05, 0) is 32.6 Å². The number of hydrogen-bond acceptors (Lipinski definition) is 2. The quantitative estimate of drug-likeness (QED) is 0.322. The van der Waals surface area contributed by atoms with Crippen molar-refractivity contribution in [2.75, 3.05) is 26.2 Å². The maximum Gasteiger partial charge on any atom is 0.0622 e. The average molecular weight is 285 g/mol. The highest BCUT2D eigenvalue weighted by Gasteiger charge is 2.20. The summed E-state index contributed by atoms with van der Waals surface area (Å²) in [6, 6.07) is 0. The molecule has 0 saturated carbocycles. The second-order valence-electron chi connectivity index (χ2n) is 5.83. The highest BCUT2D eigenvalue weighted by atomic mass is 15.3. The Morgan fingerprint density at radius 3 is 1.35 bits per heavy atom. The fourth-order valence-corrected chi connectivity index (χ4v) is 3.17. The van der Waals surface area contributed by atoms with Gasteiger partial charge in [0.25, 0.3) is 0 Å². The minimum Gasteiger partial charge on any atom is -0.288 e. The normalized spacial score (nSPS) is 12.0. The molecule has 2 nitrogen and oxygen atoms in total. The van der Waals surface area contributed by atoms with Crippen LogP contribution in [0.2, 0.25) is 0 Å². The van der Waals surface area contributed by atoms with E-state index < -0.39 is 0 Å². The van der Waals surface area contributed by atoms with Crippen molar-refractivity contribution < 1.29 is 0 Å². The molecule has 0 N–H and O–H groups in total. The summed E-state index contributed by atoms with van der Waals surface area (Å²) in [4.78, 5) is 5.26. The highest BCUT2D eigenvalue weighted by Crippen LogP contribution is 2.16. The van der Waals surface area contributed by atoms with Crippen LogP contribution in [0, 0.1) is 0 Å². The van der Waals surface area contributed by atoms with E-state index in [1.165, 1.54) is 77.5 Å². The van der Waals surface area contributed by atoms with Crippen molar-refractivity contribution in [2.45, 2.75) is 92.2 Å². The molecule has 20 heavy (non-hydrogen) atoms. The first-order valence-corrected chi connectivity index (χ1v) is 9.23. The monoisotopic (exact) mass is 284 g/mol. The van der Waals surface area contributed by atoms with Gasteiger partial charge in [-0.2, -0.15) is 0 Å². The Morgan fingerprint density at radius 1 is 0.550 bits per heavy atom. The van der Waals surface area contributed by atoms with E-state index in [-0.39, 0.29) is 0 Å². The van der Waals surface area contributed by atoms with Crippen LogP contribution in [0.1, 0.15) is 86.0 Å². The van der Waals surface area contributed by atoms with Crippen LogP contribution in [0.5, 0.6) is 0 Å². The van der Waals surface area contributed by atoms with E-state index in [1.807, 2.05) is 0 Å². The maximum absolute atomic E-state index is 2.63. The van der Waals surface area contributed by atoms with Crippen LogP contribution < -0.4 is 0 Å². The molecule has 0 fully saturated rings. The van der Waals surface area contributed by atoms with Crippen LogP contribution in [-0.4, -0.2) is 42.1 Å². The van der Waals surface area contributed by atoms with E-state index in [0.717, 1.165) is 0 Å². The Kier molecular flexibility index (Phi) is 13.8. The highest BCUT2D eigenvalue weighted by molar-refractivity contribution is 4.71. The molecule has 2 heteroatoms. The Morgan fingerprint density at radius 2 is 0.950 bits per heavy atom. The molecule has 122 valence electrons. The van der Waals surface area contributed by atoms with Gasteiger partial charge in [-0.15, -0.1) is 0 Å². The molecule has 0 saturated heterocycles. The van der Waals surface area contributed by atoms with E-state index in [0.29, 0.717) is 6.17 Å². The third-order valence-electron chi connectivity index (χ3n) is 4.53. The summed E-state index contributed by atoms with van der Waals surface area (Å²) < 4.78 is 0. The Balaban J connectivity index is 4.03. The Hall–Kier alpha value is -0.0800. The van der Waals surface area contributed by atoms with Crippen molar-refractivity contribution in [3.05, 3.63) is 0 Å². The summed E-state index contributed by atoms with van der Waals surface area (Å²) in [6.07, 6.45) is 11.9. The molecule has 0 heterocycles. The van der Waals surface area contributed by atoms with E-state index in [4.69, 9.17) is 0 Å². The fraction of sp³-hybridized carbons (Fsp3) is 1.00. The second-order valence-corrected chi connectivity index (χ2v) is 5.83. The van der Waals surface area contributed by atoms with Crippen molar-refractivity contribution in [1.82, 2.24) is 9.80 Å². The van der Waals surface area contributed by atoms with Gasteiger partial charge in [0.15, 0.2) is 0 Å². The lowest BCUT2D eigenvalue weighted by Crippen LogP contribution is -2.48. The number of unbranched alkanes of at least 4 members (excludes halogenated alkanes) is 6. The average Bonchev–Trinajstić information content (AvgIpc) is 2.48. The third-order valence-corrected chi connectivity index (χ3v) is 4.53. The topological polar surface area (TPSA) is 6.48 Å². The molecular weight excluding hydrogens is 244 g/mol. The molecule has 0 rings (SSSR count). The maximum atomic E-state index is 2.63. The zero-order valence-electron chi connectivity index (χ0n) is 15.0. The Labute approximate surface area is 128 Å². The van der Waals surface area contributed by atoms with Gasteiger partial charge in [-0.1, -0.05) is 79.6 Å². The van der Waals surface area contributed by atoms with Crippen LogP contribution in [0.25, 0.3) is 0 Å². The molecule has 0 aromatic heterocycles. The Bertz CT molecular complexity index is 174. The first-order chi connectivity index (χ1) is 9.74. The lowest BCUT2D eigenvalue weighted by atomic mass is 10.1. The number of rotatable bonds is 14. The zero-order valence-corrected chi connectivity index (χ0v) is 15.0. The molecule has 0 amide bonds. The number of nitrogens with zero attached hydrogens (tertiary/aromatic N) is 2. The van der Waals surface area contributed by atoms with Crippen molar-refractivity contribution >= 4 is 0 Å². The fourth-order valence-electron chi connectivity index (χ4n) is 3.17. The van der Waals surface area contributed by atoms with Gasteiger partial charge >= 0.3 is 0 Å². The minimum absolute atomic E-state index is 0.663. The van der Waals surface area contributed by atoms with Crippen LogP contribution in [0.15, 0.2) is 0 Å². The molecule has 0 aliphatic rings. The van der Waals surface area contributed by atoms with Crippen LogP contribution in [-0.2, 0) is 0 Å².